The molecule has 10 nitrogen and oxygen atoms in total. The number of carbonyl (C=O) groups is 4. The third-order valence-corrected chi connectivity index (χ3v) is 4.53. The number of hydrogen-bond donors (Lipinski definition) is 1. The minimum absolute atomic E-state index is 0.00132. The summed E-state index contributed by atoms with van der Waals surface area (Å²) in [7, 11) is 0. The highest BCUT2D eigenvalue weighted by atomic mass is 16.6. The zero-order valence-electron chi connectivity index (χ0n) is 19.4. The van der Waals surface area contributed by atoms with Crippen LogP contribution < -0.4 is 9.47 Å². The minimum Gasteiger partial charge on any atom is -0.465 e. The molecule has 0 saturated heterocycles. The zero-order valence-corrected chi connectivity index (χ0v) is 19.4. The summed E-state index contributed by atoms with van der Waals surface area (Å²) in [4.78, 5) is 48.7. The van der Waals surface area contributed by atoms with Crippen molar-refractivity contribution in [3.05, 3.63) is 72.5 Å². The van der Waals surface area contributed by atoms with Crippen LogP contribution >= 0.6 is 0 Å². The van der Waals surface area contributed by atoms with Crippen LogP contribution in [0.5, 0.6) is 11.5 Å². The molecule has 1 N–H and O–H groups in total. The van der Waals surface area contributed by atoms with Gasteiger partial charge in [0, 0.05) is 13.3 Å². The number of para-hydroxylation sites is 2. The molecule has 35 heavy (non-hydrogen) atoms. The standard InChI is InChI=1S/C25H26O10/c1-4-22(28)32-15-25(14-26,35-24(30)18-10-6-8-12-20(18)31-5-2)16-33-23(29)19-11-7-9-13-21(19)34-17(3)27/h5-13,26H,2,4,14-16H2,1,3H3. The number of benzene rings is 2. The monoisotopic (exact) mass is 486 g/mol. The van der Waals surface area contributed by atoms with Crippen LogP contribution in [0.1, 0.15) is 41.0 Å². The molecule has 1 atom stereocenters. The number of hydrogen-bond acceptors (Lipinski definition) is 10. The quantitative estimate of drug-likeness (QED) is 0.206. The summed E-state index contributed by atoms with van der Waals surface area (Å²) >= 11 is 0. The van der Waals surface area contributed by atoms with E-state index in [0.717, 1.165) is 6.26 Å². The van der Waals surface area contributed by atoms with E-state index in [9.17, 15) is 24.3 Å². The number of ether oxygens (including phenoxy) is 5. The normalized spacial score (nSPS) is 12.0. The predicted molar refractivity (Wildman–Crippen MR) is 122 cm³/mol. The second kappa shape index (κ2) is 12.9. The van der Waals surface area contributed by atoms with E-state index in [0.29, 0.717) is 0 Å². The molecular formula is C25H26O10. The van der Waals surface area contributed by atoms with E-state index < -0.39 is 49.3 Å². The maximum Gasteiger partial charge on any atom is 0.342 e. The van der Waals surface area contributed by atoms with Crippen LogP contribution in [-0.2, 0) is 23.8 Å². The summed E-state index contributed by atoms with van der Waals surface area (Å²) in [6.07, 6.45) is 1.15. The number of carbonyl (C=O) groups excluding carboxylic acids is 4. The second-order valence-corrected chi connectivity index (χ2v) is 7.19. The van der Waals surface area contributed by atoms with Gasteiger partial charge in [0.1, 0.15) is 35.8 Å². The van der Waals surface area contributed by atoms with Gasteiger partial charge in [-0.15, -0.1) is 0 Å². The maximum absolute atomic E-state index is 12.9. The molecule has 2 aromatic rings. The average molecular weight is 486 g/mol. The largest absolute Gasteiger partial charge is 0.465 e. The summed E-state index contributed by atoms with van der Waals surface area (Å²) in [5, 5.41) is 10.1. The van der Waals surface area contributed by atoms with Crippen LogP contribution in [-0.4, -0.2) is 54.4 Å². The van der Waals surface area contributed by atoms with Crippen LogP contribution in [0.15, 0.2) is 61.4 Å². The SMILES string of the molecule is C=COc1ccccc1C(=O)OC(CO)(COC(=O)CC)COC(=O)c1ccccc1OC(C)=O. The van der Waals surface area contributed by atoms with E-state index in [-0.39, 0.29) is 29.0 Å². The van der Waals surface area contributed by atoms with Gasteiger partial charge in [0.2, 0.25) is 5.60 Å². The molecule has 0 aliphatic rings. The molecule has 0 aliphatic carbocycles. The number of aliphatic hydroxyl groups excluding tert-OH is 1. The van der Waals surface area contributed by atoms with Gasteiger partial charge in [0.25, 0.3) is 0 Å². The highest BCUT2D eigenvalue weighted by Crippen LogP contribution is 2.24. The smallest absolute Gasteiger partial charge is 0.342 e. The maximum atomic E-state index is 12.9. The lowest BCUT2D eigenvalue weighted by molar-refractivity contribution is -0.158. The van der Waals surface area contributed by atoms with Crippen LogP contribution in [0, 0.1) is 0 Å². The van der Waals surface area contributed by atoms with E-state index in [1.54, 1.807) is 25.1 Å². The summed E-state index contributed by atoms with van der Waals surface area (Å²) in [5.74, 6) is -3.02. The Labute approximate surface area is 202 Å². The Morgan fingerprint density at radius 2 is 1.49 bits per heavy atom. The van der Waals surface area contributed by atoms with E-state index >= 15 is 0 Å². The Morgan fingerprint density at radius 3 is 2.06 bits per heavy atom. The molecule has 0 radical (unpaired) electrons. The molecule has 2 aromatic carbocycles. The zero-order chi connectivity index (χ0) is 25.8. The van der Waals surface area contributed by atoms with Crippen LogP contribution in [0.4, 0.5) is 0 Å². The number of rotatable bonds is 12. The summed E-state index contributed by atoms with van der Waals surface area (Å²) in [6, 6.07) is 12.0. The molecule has 0 saturated carbocycles. The summed E-state index contributed by atoms with van der Waals surface area (Å²) < 4.78 is 26.1. The topological polar surface area (TPSA) is 135 Å². The molecule has 0 spiro atoms. The third-order valence-electron chi connectivity index (χ3n) is 4.53. The molecular weight excluding hydrogens is 460 g/mol. The van der Waals surface area contributed by atoms with Gasteiger partial charge in [-0.05, 0) is 24.3 Å². The highest BCUT2D eigenvalue weighted by Gasteiger charge is 2.39. The molecule has 0 bridgehead atoms. The summed E-state index contributed by atoms with van der Waals surface area (Å²) in [6.45, 7) is 4.06. The van der Waals surface area contributed by atoms with E-state index in [1.807, 2.05) is 0 Å². The van der Waals surface area contributed by atoms with Gasteiger partial charge in [0.15, 0.2) is 0 Å². The molecule has 0 aromatic heterocycles. The van der Waals surface area contributed by atoms with Crippen LogP contribution in [0.3, 0.4) is 0 Å². The Hall–Kier alpha value is -4.18. The lowest BCUT2D eigenvalue weighted by atomic mass is 10.1. The van der Waals surface area contributed by atoms with Crippen molar-refractivity contribution >= 4 is 23.9 Å². The Kier molecular flexibility index (Phi) is 9.98. The van der Waals surface area contributed by atoms with Gasteiger partial charge in [-0.25, -0.2) is 9.59 Å². The minimum atomic E-state index is -1.94. The van der Waals surface area contributed by atoms with E-state index in [2.05, 4.69) is 6.58 Å². The van der Waals surface area contributed by atoms with Crippen molar-refractivity contribution in [3.63, 3.8) is 0 Å². The lowest BCUT2D eigenvalue weighted by Crippen LogP contribution is -2.48. The van der Waals surface area contributed by atoms with Crippen molar-refractivity contribution in [2.24, 2.45) is 0 Å². The molecule has 10 heteroatoms. The molecule has 0 amide bonds. The molecule has 186 valence electrons. The highest BCUT2D eigenvalue weighted by molar-refractivity contribution is 5.94. The van der Waals surface area contributed by atoms with Crippen LogP contribution in [0.2, 0.25) is 0 Å². The fourth-order valence-electron chi connectivity index (χ4n) is 2.77. The van der Waals surface area contributed by atoms with Gasteiger partial charge in [-0.3, -0.25) is 9.59 Å². The molecule has 2 rings (SSSR count). The van der Waals surface area contributed by atoms with Crippen molar-refractivity contribution in [3.8, 4) is 11.5 Å². The molecule has 1 unspecified atom stereocenters. The fraction of sp³-hybridized carbons (Fsp3) is 0.280. The van der Waals surface area contributed by atoms with Crippen molar-refractivity contribution in [2.45, 2.75) is 25.9 Å². The van der Waals surface area contributed by atoms with Crippen molar-refractivity contribution in [1.29, 1.82) is 0 Å². The van der Waals surface area contributed by atoms with E-state index in [4.69, 9.17) is 23.7 Å². The molecule has 0 aliphatic heterocycles. The van der Waals surface area contributed by atoms with Crippen molar-refractivity contribution in [2.75, 3.05) is 19.8 Å². The van der Waals surface area contributed by atoms with Gasteiger partial charge >= 0.3 is 23.9 Å². The van der Waals surface area contributed by atoms with E-state index in [1.165, 1.54) is 37.3 Å². The molecule has 0 fully saturated rings. The van der Waals surface area contributed by atoms with Crippen LogP contribution in [0.25, 0.3) is 0 Å². The van der Waals surface area contributed by atoms with Gasteiger partial charge < -0.3 is 28.8 Å². The second-order valence-electron chi connectivity index (χ2n) is 7.19. The number of esters is 4. The fourth-order valence-corrected chi connectivity index (χ4v) is 2.77. The first-order valence-corrected chi connectivity index (χ1v) is 10.6. The Bertz CT molecular complexity index is 1080. The first-order chi connectivity index (χ1) is 16.7. The first kappa shape index (κ1) is 27.1. The summed E-state index contributed by atoms with van der Waals surface area (Å²) in [5.41, 5.74) is -2.01. The average Bonchev–Trinajstić information content (AvgIpc) is 2.85. The number of aliphatic hydroxyl groups is 1. The third kappa shape index (κ3) is 7.68. The van der Waals surface area contributed by atoms with Gasteiger partial charge in [-0.1, -0.05) is 37.8 Å². The Morgan fingerprint density at radius 1 is 0.914 bits per heavy atom. The first-order valence-electron chi connectivity index (χ1n) is 10.6. The lowest BCUT2D eigenvalue weighted by Gasteiger charge is -2.30. The van der Waals surface area contributed by atoms with Gasteiger partial charge in [-0.2, -0.15) is 0 Å². The molecule has 0 heterocycles. The predicted octanol–water partition coefficient (Wildman–Crippen LogP) is 2.83. The Balaban J connectivity index is 2.29. The van der Waals surface area contributed by atoms with Crippen molar-refractivity contribution < 1.29 is 48.0 Å². The van der Waals surface area contributed by atoms with Crippen molar-refractivity contribution in [1.82, 2.24) is 0 Å². The van der Waals surface area contributed by atoms with Gasteiger partial charge in [0.05, 0.1) is 12.9 Å².